The van der Waals surface area contributed by atoms with E-state index in [9.17, 15) is 9.59 Å². The van der Waals surface area contributed by atoms with Crippen molar-refractivity contribution in [3.05, 3.63) is 11.6 Å². The third-order valence-corrected chi connectivity index (χ3v) is 9.44. The normalized spacial score (nSPS) is 12.1. The van der Waals surface area contributed by atoms with Crippen LogP contribution in [0.5, 0.6) is 0 Å². The van der Waals surface area contributed by atoms with E-state index in [-0.39, 0.29) is 13.2 Å². The highest BCUT2D eigenvalue weighted by molar-refractivity contribution is 5.98. The Hall–Kier alpha value is -1.40. The fraction of sp³-hybridized carbons (Fsp3) is 0.905. The van der Waals surface area contributed by atoms with Gasteiger partial charge < -0.3 is 19.3 Å². The molecule has 0 atom stereocenters. The molecule has 6 heteroatoms. The zero-order valence-electron chi connectivity index (χ0n) is 33.1. The number of likely N-dealkylation sites (N-methyl/N-ethyl adjacent to an activating group) is 2. The molecular weight excluding hydrogens is 596 g/mol. The molecule has 48 heavy (non-hydrogen) atoms. The first kappa shape index (κ1) is 46.6. The van der Waals surface area contributed by atoms with Crippen LogP contribution in [-0.2, 0) is 19.1 Å². The Morgan fingerprint density at radius 2 is 0.792 bits per heavy atom. The van der Waals surface area contributed by atoms with Crippen LogP contribution in [0, 0.1) is 5.92 Å². The van der Waals surface area contributed by atoms with Crippen molar-refractivity contribution in [2.24, 2.45) is 5.92 Å². The quantitative estimate of drug-likeness (QED) is 0.0284. The van der Waals surface area contributed by atoms with E-state index in [1.54, 1.807) is 0 Å². The van der Waals surface area contributed by atoms with Gasteiger partial charge in [0.15, 0.2) is 5.92 Å². The van der Waals surface area contributed by atoms with E-state index in [0.717, 1.165) is 37.7 Å². The Morgan fingerprint density at radius 3 is 1.12 bits per heavy atom. The van der Waals surface area contributed by atoms with Gasteiger partial charge in [0, 0.05) is 13.1 Å². The number of carbonyl (C=O) groups is 2. The van der Waals surface area contributed by atoms with Gasteiger partial charge >= 0.3 is 11.9 Å². The average molecular weight is 679 g/mol. The smallest absolute Gasteiger partial charge is 0.324 e. The van der Waals surface area contributed by atoms with Crippen molar-refractivity contribution in [3.63, 3.8) is 0 Å². The predicted molar refractivity (Wildman–Crippen MR) is 207 cm³/mol. The van der Waals surface area contributed by atoms with E-state index >= 15 is 0 Å². The molecule has 0 aromatic rings. The summed E-state index contributed by atoms with van der Waals surface area (Å²) in [5.41, 5.74) is 0.908. The molecule has 0 aromatic heterocycles. The molecular formula is C42H82N2O4. The molecule has 0 N–H and O–H groups in total. The standard InChI is InChI=1S/C42H82N2O4/c1-7-9-11-13-15-17-19-21-23-25-27-29-31-33-39(34-32-30-28-26-24-22-20-18-16-14-12-10-8-2)40(41(45)47-37-35-43(3)4)42(46)48-38-36-44(5)6/h33,40H,7-32,34-38H2,1-6H3. The number of hydrogen-bond acceptors (Lipinski definition) is 6. The van der Waals surface area contributed by atoms with Crippen LogP contribution in [0.2, 0.25) is 0 Å². The highest BCUT2D eigenvalue weighted by atomic mass is 16.6. The molecule has 0 radical (unpaired) electrons. The summed E-state index contributed by atoms with van der Waals surface area (Å²) >= 11 is 0. The molecule has 0 aliphatic rings. The summed E-state index contributed by atoms with van der Waals surface area (Å²) in [6, 6.07) is 0. The van der Waals surface area contributed by atoms with Gasteiger partial charge in [0.2, 0.25) is 0 Å². The highest BCUT2D eigenvalue weighted by Crippen LogP contribution is 2.24. The maximum absolute atomic E-state index is 13.4. The van der Waals surface area contributed by atoms with Crippen molar-refractivity contribution in [2.45, 2.75) is 187 Å². The Labute approximate surface area is 299 Å². The molecule has 0 aliphatic heterocycles. The van der Waals surface area contributed by atoms with E-state index in [4.69, 9.17) is 9.47 Å². The molecule has 6 nitrogen and oxygen atoms in total. The molecule has 0 aliphatic carbocycles. The van der Waals surface area contributed by atoms with Crippen molar-refractivity contribution in [3.8, 4) is 0 Å². The lowest BCUT2D eigenvalue weighted by Crippen LogP contribution is -2.33. The van der Waals surface area contributed by atoms with Gasteiger partial charge in [0.05, 0.1) is 0 Å². The minimum atomic E-state index is -0.955. The van der Waals surface area contributed by atoms with Gasteiger partial charge in [-0.3, -0.25) is 9.59 Å². The monoisotopic (exact) mass is 679 g/mol. The maximum atomic E-state index is 13.4. The largest absolute Gasteiger partial charge is 0.463 e. The third kappa shape index (κ3) is 30.6. The summed E-state index contributed by atoms with van der Waals surface area (Å²) in [5.74, 6) is -1.87. The summed E-state index contributed by atoms with van der Waals surface area (Å²) in [5, 5.41) is 0. The molecule has 284 valence electrons. The lowest BCUT2D eigenvalue weighted by molar-refractivity contribution is -0.160. The van der Waals surface area contributed by atoms with E-state index in [0.29, 0.717) is 13.1 Å². The number of nitrogens with zero attached hydrogens (tertiary/aromatic N) is 2. The van der Waals surface area contributed by atoms with Gasteiger partial charge in [-0.25, -0.2) is 0 Å². The molecule has 0 bridgehead atoms. The van der Waals surface area contributed by atoms with E-state index < -0.39 is 17.9 Å². The van der Waals surface area contributed by atoms with Crippen LogP contribution < -0.4 is 0 Å². The number of hydrogen-bond donors (Lipinski definition) is 0. The van der Waals surface area contributed by atoms with Crippen LogP contribution in [0.15, 0.2) is 11.6 Å². The van der Waals surface area contributed by atoms with E-state index in [2.05, 4.69) is 19.9 Å². The molecule has 0 fully saturated rings. The Kier molecular flexibility index (Phi) is 34.4. The molecule has 0 saturated heterocycles. The number of carbonyl (C=O) groups excluding carboxylic acids is 2. The van der Waals surface area contributed by atoms with Crippen molar-refractivity contribution >= 4 is 11.9 Å². The number of allylic oxidation sites excluding steroid dienone is 1. The van der Waals surface area contributed by atoms with E-state index in [1.807, 2.05) is 38.0 Å². The van der Waals surface area contributed by atoms with Gasteiger partial charge in [0.25, 0.3) is 0 Å². The zero-order chi connectivity index (χ0) is 35.5. The van der Waals surface area contributed by atoms with Crippen LogP contribution in [0.3, 0.4) is 0 Å². The van der Waals surface area contributed by atoms with Crippen LogP contribution >= 0.6 is 0 Å². The first-order chi connectivity index (χ1) is 23.3. The summed E-state index contributed by atoms with van der Waals surface area (Å²) in [6.45, 7) is 6.36. The van der Waals surface area contributed by atoms with Gasteiger partial charge in [-0.15, -0.1) is 0 Å². The number of unbranched alkanes of at least 4 members (excludes halogenated alkanes) is 24. The summed E-state index contributed by atoms with van der Waals surface area (Å²) in [7, 11) is 7.82. The summed E-state index contributed by atoms with van der Waals surface area (Å²) in [4.78, 5) is 30.7. The number of rotatable bonds is 36. The average Bonchev–Trinajstić information content (AvgIpc) is 3.04. The summed E-state index contributed by atoms with van der Waals surface area (Å²) < 4.78 is 11.3. The fourth-order valence-corrected chi connectivity index (χ4v) is 6.21. The first-order valence-electron chi connectivity index (χ1n) is 20.6. The Morgan fingerprint density at radius 1 is 0.479 bits per heavy atom. The molecule has 0 aromatic carbocycles. The minimum absolute atomic E-state index is 0.276. The number of esters is 2. The second-order valence-corrected chi connectivity index (χ2v) is 14.8. The third-order valence-electron chi connectivity index (χ3n) is 9.44. The van der Waals surface area contributed by atoms with Crippen molar-refractivity contribution < 1.29 is 19.1 Å². The Balaban J connectivity index is 4.95. The fourth-order valence-electron chi connectivity index (χ4n) is 6.21. The molecule has 0 heterocycles. The van der Waals surface area contributed by atoms with Gasteiger partial charge in [-0.2, -0.15) is 0 Å². The minimum Gasteiger partial charge on any atom is -0.463 e. The van der Waals surface area contributed by atoms with Crippen LogP contribution in [0.1, 0.15) is 187 Å². The van der Waals surface area contributed by atoms with Gasteiger partial charge in [-0.05, 0) is 59.4 Å². The highest BCUT2D eigenvalue weighted by Gasteiger charge is 2.33. The zero-order valence-corrected chi connectivity index (χ0v) is 33.1. The van der Waals surface area contributed by atoms with Crippen molar-refractivity contribution in [2.75, 3.05) is 54.5 Å². The van der Waals surface area contributed by atoms with Crippen LogP contribution in [-0.4, -0.2) is 76.2 Å². The first-order valence-corrected chi connectivity index (χ1v) is 20.6. The molecule has 0 unspecified atom stereocenters. The number of ether oxygens (including phenoxy) is 2. The molecule has 0 rings (SSSR count). The van der Waals surface area contributed by atoms with Crippen molar-refractivity contribution in [1.29, 1.82) is 0 Å². The van der Waals surface area contributed by atoms with Crippen LogP contribution in [0.4, 0.5) is 0 Å². The second kappa shape index (κ2) is 35.4. The van der Waals surface area contributed by atoms with Gasteiger partial charge in [-0.1, -0.05) is 168 Å². The Bertz CT molecular complexity index is 726. The maximum Gasteiger partial charge on any atom is 0.324 e. The second-order valence-electron chi connectivity index (χ2n) is 14.8. The van der Waals surface area contributed by atoms with Gasteiger partial charge in [0.1, 0.15) is 13.2 Å². The molecule has 0 spiro atoms. The van der Waals surface area contributed by atoms with Crippen molar-refractivity contribution in [1.82, 2.24) is 9.80 Å². The molecule has 0 amide bonds. The molecule has 0 saturated carbocycles. The topological polar surface area (TPSA) is 59.1 Å². The summed E-state index contributed by atoms with van der Waals surface area (Å²) in [6.07, 6.45) is 36.6. The lowest BCUT2D eigenvalue weighted by Gasteiger charge is -2.20. The van der Waals surface area contributed by atoms with Crippen LogP contribution in [0.25, 0.3) is 0 Å². The predicted octanol–water partition coefficient (Wildman–Crippen LogP) is 11.3. The van der Waals surface area contributed by atoms with E-state index in [1.165, 1.54) is 141 Å². The SMILES string of the molecule is CCCCCCCCCCCCCCC=C(CCCCCCCCCCCCCCC)C(C(=O)OCCN(C)C)C(=O)OCCN(C)C. The lowest BCUT2D eigenvalue weighted by atomic mass is 9.92.